The maximum absolute atomic E-state index is 8.93. The lowest BCUT2D eigenvalue weighted by Crippen LogP contribution is -2.50. The van der Waals surface area contributed by atoms with E-state index in [-0.39, 0.29) is 17.6 Å². The predicted octanol–water partition coefficient (Wildman–Crippen LogP) is 3.17. The molecule has 18 heavy (non-hydrogen) atoms. The molecule has 0 aromatic heterocycles. The molecule has 6 atom stereocenters. The Morgan fingerprint density at radius 2 is 2.28 bits per heavy atom. The Morgan fingerprint density at radius 3 is 3.06 bits per heavy atom. The second kappa shape index (κ2) is 4.77. The molecule has 0 unspecified atom stereocenters. The van der Waals surface area contributed by atoms with E-state index in [1.165, 1.54) is 0 Å². The first-order valence-electron chi connectivity index (χ1n) is 6.98. The third-order valence-electron chi connectivity index (χ3n) is 4.59. The van der Waals surface area contributed by atoms with Crippen LogP contribution in [0.25, 0.3) is 0 Å². The molecule has 0 aromatic carbocycles. The number of hydrogen-bond donors (Lipinski definition) is 0. The Kier molecular flexibility index (Phi) is 3.42. The highest BCUT2D eigenvalue weighted by Crippen LogP contribution is 2.51. The average molecular weight is 314 g/mol. The summed E-state index contributed by atoms with van der Waals surface area (Å²) in [6.45, 7) is 1.98. The van der Waals surface area contributed by atoms with E-state index >= 15 is 0 Å². The Bertz CT molecular complexity index is 369. The van der Waals surface area contributed by atoms with Crippen molar-refractivity contribution >= 4 is 15.9 Å². The van der Waals surface area contributed by atoms with Crippen LogP contribution in [0.1, 0.15) is 45.4 Å². The summed E-state index contributed by atoms with van der Waals surface area (Å²) in [6.07, 6.45) is 7.14. The van der Waals surface area contributed by atoms with E-state index in [4.69, 9.17) is 14.7 Å². The third kappa shape index (κ3) is 2.21. The molecular weight excluding hydrogens is 294 g/mol. The van der Waals surface area contributed by atoms with Crippen LogP contribution in [-0.4, -0.2) is 28.7 Å². The highest BCUT2D eigenvalue weighted by atomic mass is 79.9. The Morgan fingerprint density at radius 1 is 1.44 bits per heavy atom. The zero-order chi connectivity index (χ0) is 12.8. The molecule has 3 fully saturated rings. The van der Waals surface area contributed by atoms with Gasteiger partial charge in [-0.15, -0.1) is 0 Å². The molecule has 2 saturated heterocycles. The molecule has 3 nitrogen and oxygen atoms in total. The quantitative estimate of drug-likeness (QED) is 0.735. The van der Waals surface area contributed by atoms with E-state index in [0.717, 1.165) is 38.5 Å². The van der Waals surface area contributed by atoms with Crippen LogP contribution in [0.15, 0.2) is 0 Å². The van der Waals surface area contributed by atoms with Gasteiger partial charge < -0.3 is 9.47 Å². The van der Waals surface area contributed by atoms with Crippen LogP contribution in [-0.2, 0) is 9.47 Å². The number of nitrogens with zero attached hydrogens (tertiary/aromatic N) is 1. The zero-order valence-corrected chi connectivity index (χ0v) is 12.4. The van der Waals surface area contributed by atoms with Crippen molar-refractivity contribution < 1.29 is 9.47 Å². The second-order valence-electron chi connectivity index (χ2n) is 6.14. The standard InChI is InChI=1S/C14H20BrNO2/c1-9(8-16)4-11-2-3-13-14(18-11)6-10(15)5-12(7-14)17-13/h9-13H,2-7H2,1H3/t9-,10-,11-,12+,13+,14+/m1/s1. The molecule has 4 heteroatoms. The van der Waals surface area contributed by atoms with Gasteiger partial charge in [-0.1, -0.05) is 15.9 Å². The molecule has 2 aliphatic heterocycles. The number of alkyl halides is 1. The van der Waals surface area contributed by atoms with Crippen LogP contribution in [0.2, 0.25) is 0 Å². The van der Waals surface area contributed by atoms with E-state index in [9.17, 15) is 0 Å². The molecule has 0 radical (unpaired) electrons. The van der Waals surface area contributed by atoms with Crippen molar-refractivity contribution in [3.63, 3.8) is 0 Å². The van der Waals surface area contributed by atoms with Gasteiger partial charge >= 0.3 is 0 Å². The van der Waals surface area contributed by atoms with Gasteiger partial charge in [0.05, 0.1) is 30.0 Å². The Hall–Kier alpha value is -0.110. The Balaban J connectivity index is 1.71. The van der Waals surface area contributed by atoms with E-state index in [2.05, 4.69) is 22.0 Å². The van der Waals surface area contributed by atoms with Gasteiger partial charge in [-0.05, 0) is 39.0 Å². The Labute approximate surface area is 117 Å². The van der Waals surface area contributed by atoms with Gasteiger partial charge in [-0.25, -0.2) is 0 Å². The molecule has 1 saturated carbocycles. The van der Waals surface area contributed by atoms with E-state index in [1.807, 2.05) is 6.92 Å². The summed E-state index contributed by atoms with van der Waals surface area (Å²) in [4.78, 5) is 0.522. The van der Waals surface area contributed by atoms with Gasteiger partial charge in [0.25, 0.3) is 0 Å². The van der Waals surface area contributed by atoms with Crippen molar-refractivity contribution in [2.75, 3.05) is 0 Å². The van der Waals surface area contributed by atoms with E-state index < -0.39 is 0 Å². The summed E-state index contributed by atoms with van der Waals surface area (Å²) in [5, 5.41) is 8.93. The van der Waals surface area contributed by atoms with Gasteiger partial charge in [0, 0.05) is 17.2 Å². The fourth-order valence-electron chi connectivity index (χ4n) is 3.86. The fourth-order valence-corrected chi connectivity index (χ4v) is 4.83. The minimum Gasteiger partial charge on any atom is -0.372 e. The molecule has 0 N–H and O–H groups in total. The molecular formula is C14H20BrNO2. The van der Waals surface area contributed by atoms with Crippen LogP contribution < -0.4 is 0 Å². The minimum absolute atomic E-state index is 0.0603. The topological polar surface area (TPSA) is 42.2 Å². The van der Waals surface area contributed by atoms with Crippen molar-refractivity contribution in [1.82, 2.24) is 0 Å². The number of ether oxygens (including phenoxy) is 2. The smallest absolute Gasteiger partial charge is 0.0982 e. The maximum Gasteiger partial charge on any atom is 0.0982 e. The van der Waals surface area contributed by atoms with Crippen LogP contribution in [0, 0.1) is 17.2 Å². The lowest BCUT2D eigenvalue weighted by Gasteiger charge is -2.44. The third-order valence-corrected chi connectivity index (χ3v) is 5.29. The monoisotopic (exact) mass is 313 g/mol. The minimum atomic E-state index is -0.0603. The van der Waals surface area contributed by atoms with Gasteiger partial charge in [-0.3, -0.25) is 0 Å². The normalized spacial score (nSPS) is 48.3. The molecule has 3 rings (SSSR count). The summed E-state index contributed by atoms with van der Waals surface area (Å²) in [6, 6.07) is 2.31. The van der Waals surface area contributed by atoms with Gasteiger partial charge in [-0.2, -0.15) is 5.26 Å². The molecule has 2 heterocycles. The van der Waals surface area contributed by atoms with Crippen LogP contribution in [0.5, 0.6) is 0 Å². The van der Waals surface area contributed by atoms with Crippen LogP contribution >= 0.6 is 15.9 Å². The summed E-state index contributed by atoms with van der Waals surface area (Å²) in [5.41, 5.74) is -0.0603. The van der Waals surface area contributed by atoms with Crippen LogP contribution in [0.3, 0.4) is 0 Å². The molecule has 0 amide bonds. The van der Waals surface area contributed by atoms with E-state index in [1.54, 1.807) is 0 Å². The molecule has 1 aliphatic carbocycles. The van der Waals surface area contributed by atoms with Crippen molar-refractivity contribution in [2.45, 2.75) is 74.2 Å². The number of hydrogen-bond acceptors (Lipinski definition) is 3. The van der Waals surface area contributed by atoms with Crippen molar-refractivity contribution in [1.29, 1.82) is 5.26 Å². The summed E-state index contributed by atoms with van der Waals surface area (Å²) in [7, 11) is 0. The second-order valence-corrected chi connectivity index (χ2v) is 7.43. The molecule has 0 aromatic rings. The summed E-state index contributed by atoms with van der Waals surface area (Å²) in [5.74, 6) is 0.0874. The van der Waals surface area contributed by atoms with Crippen LogP contribution in [0.4, 0.5) is 0 Å². The SMILES string of the molecule is C[C@@H](C#N)C[C@H]1CC[C@@H]2O[C@H]3C[C@@H](Br)C[C@@]2(C3)O1. The van der Waals surface area contributed by atoms with Gasteiger partial charge in [0.15, 0.2) is 0 Å². The number of rotatable bonds is 2. The first-order chi connectivity index (χ1) is 8.61. The highest BCUT2D eigenvalue weighted by Gasteiger charge is 2.56. The predicted molar refractivity (Wildman–Crippen MR) is 71.5 cm³/mol. The molecule has 2 bridgehead atoms. The average Bonchev–Trinajstić information content (AvgIpc) is 2.58. The lowest BCUT2D eigenvalue weighted by molar-refractivity contribution is -0.167. The largest absolute Gasteiger partial charge is 0.372 e. The zero-order valence-electron chi connectivity index (χ0n) is 10.8. The van der Waals surface area contributed by atoms with Crippen molar-refractivity contribution in [2.24, 2.45) is 5.92 Å². The molecule has 3 aliphatic rings. The van der Waals surface area contributed by atoms with E-state index in [0.29, 0.717) is 17.0 Å². The van der Waals surface area contributed by atoms with Crippen molar-refractivity contribution in [3.05, 3.63) is 0 Å². The summed E-state index contributed by atoms with van der Waals surface area (Å²) >= 11 is 3.74. The number of fused-ring (bicyclic) bond motifs is 1. The van der Waals surface area contributed by atoms with Gasteiger partial charge in [0.1, 0.15) is 0 Å². The summed E-state index contributed by atoms with van der Waals surface area (Å²) < 4.78 is 12.5. The fraction of sp³-hybridized carbons (Fsp3) is 0.929. The lowest BCUT2D eigenvalue weighted by atomic mass is 9.78. The first kappa shape index (κ1) is 12.9. The number of halogens is 1. The van der Waals surface area contributed by atoms with Crippen molar-refractivity contribution in [3.8, 4) is 6.07 Å². The molecule has 100 valence electrons. The molecule has 1 spiro atoms. The highest BCUT2D eigenvalue weighted by molar-refractivity contribution is 9.09. The first-order valence-corrected chi connectivity index (χ1v) is 7.90. The maximum atomic E-state index is 8.93. The van der Waals surface area contributed by atoms with Gasteiger partial charge in [0.2, 0.25) is 0 Å². The number of nitriles is 1.